The molecular weight excluding hydrogens is 326 g/mol. The number of fused-ring (bicyclic) bond motifs is 1. The molecule has 1 aromatic rings. The first kappa shape index (κ1) is 16.0. The second-order valence-corrected chi connectivity index (χ2v) is 9.32. The Kier molecular flexibility index (Phi) is 4.08. The molecule has 1 aromatic heterocycles. The summed E-state index contributed by atoms with van der Waals surface area (Å²) >= 11 is 0. The molecule has 3 fully saturated rings. The van der Waals surface area contributed by atoms with Crippen LogP contribution < -0.4 is 0 Å². The monoisotopic (exact) mass is 349 g/mol. The number of hydrogen-bond acceptors (Lipinski definition) is 5. The number of sulfone groups is 1. The van der Waals surface area contributed by atoms with Crippen molar-refractivity contribution >= 4 is 15.7 Å². The van der Waals surface area contributed by atoms with Gasteiger partial charge in [0.25, 0.3) is 0 Å². The molecule has 1 aliphatic carbocycles. The van der Waals surface area contributed by atoms with Gasteiger partial charge in [-0.3, -0.25) is 14.7 Å². The van der Waals surface area contributed by atoms with Crippen LogP contribution in [0.1, 0.15) is 25.0 Å². The minimum absolute atomic E-state index is 0.102. The van der Waals surface area contributed by atoms with E-state index in [9.17, 15) is 13.2 Å². The zero-order valence-corrected chi connectivity index (χ0v) is 14.5. The summed E-state index contributed by atoms with van der Waals surface area (Å²) in [5, 5.41) is 0. The second-order valence-electron chi connectivity index (χ2n) is 7.16. The van der Waals surface area contributed by atoms with Crippen molar-refractivity contribution in [3.8, 4) is 0 Å². The van der Waals surface area contributed by atoms with Crippen molar-refractivity contribution in [1.29, 1.82) is 0 Å². The molecule has 2 aliphatic heterocycles. The molecule has 130 valence electrons. The Labute approximate surface area is 142 Å². The molecule has 3 heterocycles. The van der Waals surface area contributed by atoms with Crippen LogP contribution in [0.5, 0.6) is 0 Å². The van der Waals surface area contributed by atoms with Gasteiger partial charge in [0, 0.05) is 37.8 Å². The molecule has 6 nitrogen and oxygen atoms in total. The van der Waals surface area contributed by atoms with Crippen molar-refractivity contribution in [3.05, 3.63) is 30.1 Å². The molecule has 24 heavy (non-hydrogen) atoms. The molecule has 4 rings (SSSR count). The number of hydrogen-bond donors (Lipinski definition) is 0. The van der Waals surface area contributed by atoms with Gasteiger partial charge < -0.3 is 4.90 Å². The molecule has 0 unspecified atom stereocenters. The van der Waals surface area contributed by atoms with E-state index in [1.165, 1.54) is 0 Å². The fourth-order valence-electron chi connectivity index (χ4n) is 4.08. The Bertz CT molecular complexity index is 718. The number of amides is 1. The minimum atomic E-state index is -3.09. The summed E-state index contributed by atoms with van der Waals surface area (Å²) < 4.78 is 24.5. The summed E-state index contributed by atoms with van der Waals surface area (Å²) in [5.41, 5.74) is 0.944. The highest BCUT2D eigenvalue weighted by molar-refractivity contribution is 7.91. The van der Waals surface area contributed by atoms with Gasteiger partial charge >= 0.3 is 0 Å². The lowest BCUT2D eigenvalue weighted by Gasteiger charge is -2.45. The van der Waals surface area contributed by atoms with E-state index in [-0.39, 0.29) is 35.4 Å². The minimum Gasteiger partial charge on any atom is -0.336 e. The van der Waals surface area contributed by atoms with Gasteiger partial charge in [-0.1, -0.05) is 12.5 Å². The number of carbonyl (C=O) groups excluding carboxylic acids is 1. The van der Waals surface area contributed by atoms with Gasteiger partial charge in [-0.05, 0) is 25.0 Å². The summed E-state index contributed by atoms with van der Waals surface area (Å²) in [7, 11) is -3.09. The average Bonchev–Trinajstić information content (AvgIpc) is 2.82. The van der Waals surface area contributed by atoms with Gasteiger partial charge in [-0.25, -0.2) is 8.42 Å². The summed E-state index contributed by atoms with van der Waals surface area (Å²) in [5.74, 6) is 0.551. The van der Waals surface area contributed by atoms with Gasteiger partial charge in [0.05, 0.1) is 23.2 Å². The standard InChI is InChI=1S/C17H23N3O3S/c21-17(13-4-3-5-13)20-9-8-19(10-14-6-1-2-7-18-14)15-11-24(22,23)12-16(15)20/h1-2,6-7,13,15-16H,3-5,8-12H2/t15-,16+/m0/s1. The zero-order chi connectivity index (χ0) is 16.7. The van der Waals surface area contributed by atoms with Gasteiger partial charge in [0.15, 0.2) is 9.84 Å². The fraction of sp³-hybridized carbons (Fsp3) is 0.647. The van der Waals surface area contributed by atoms with Crippen LogP contribution in [0, 0.1) is 5.92 Å². The van der Waals surface area contributed by atoms with Crippen molar-refractivity contribution in [1.82, 2.24) is 14.8 Å². The quantitative estimate of drug-likeness (QED) is 0.803. The molecule has 2 atom stereocenters. The third-order valence-electron chi connectivity index (χ3n) is 5.62. The van der Waals surface area contributed by atoms with Crippen molar-refractivity contribution in [2.75, 3.05) is 24.6 Å². The van der Waals surface area contributed by atoms with Gasteiger partial charge in [0.2, 0.25) is 5.91 Å². The summed E-state index contributed by atoms with van der Waals surface area (Å²) in [4.78, 5) is 21.1. The van der Waals surface area contributed by atoms with E-state index in [1.807, 2.05) is 23.1 Å². The summed E-state index contributed by atoms with van der Waals surface area (Å²) in [6.45, 7) is 1.98. The molecular formula is C17H23N3O3S. The van der Waals surface area contributed by atoms with Crippen LogP contribution in [-0.2, 0) is 21.2 Å². The summed E-state index contributed by atoms with van der Waals surface area (Å²) in [6.07, 6.45) is 4.78. The molecule has 0 aromatic carbocycles. The number of carbonyl (C=O) groups is 1. The second kappa shape index (κ2) is 6.11. The molecule has 7 heteroatoms. The molecule has 2 saturated heterocycles. The van der Waals surface area contributed by atoms with Crippen LogP contribution in [0.15, 0.2) is 24.4 Å². The number of piperazine rings is 1. The average molecular weight is 349 g/mol. The van der Waals surface area contributed by atoms with E-state index in [1.54, 1.807) is 6.20 Å². The maximum atomic E-state index is 12.7. The Hall–Kier alpha value is -1.47. The van der Waals surface area contributed by atoms with E-state index < -0.39 is 9.84 Å². The van der Waals surface area contributed by atoms with Crippen molar-refractivity contribution in [3.63, 3.8) is 0 Å². The highest BCUT2D eigenvalue weighted by Crippen LogP contribution is 2.33. The molecule has 1 saturated carbocycles. The third kappa shape index (κ3) is 2.95. The van der Waals surface area contributed by atoms with E-state index >= 15 is 0 Å². The first-order chi connectivity index (χ1) is 11.5. The largest absolute Gasteiger partial charge is 0.336 e. The first-order valence-electron chi connectivity index (χ1n) is 8.68. The lowest BCUT2D eigenvalue weighted by atomic mass is 9.83. The zero-order valence-electron chi connectivity index (χ0n) is 13.7. The van der Waals surface area contributed by atoms with E-state index in [2.05, 4.69) is 9.88 Å². The molecule has 3 aliphatic rings. The lowest BCUT2D eigenvalue weighted by Crippen LogP contribution is -2.61. The Morgan fingerprint density at radius 1 is 1.17 bits per heavy atom. The molecule has 1 amide bonds. The van der Waals surface area contributed by atoms with E-state index in [0.717, 1.165) is 25.0 Å². The van der Waals surface area contributed by atoms with Crippen molar-refractivity contribution < 1.29 is 13.2 Å². The van der Waals surface area contributed by atoms with E-state index in [0.29, 0.717) is 19.6 Å². The number of pyridine rings is 1. The Morgan fingerprint density at radius 3 is 2.62 bits per heavy atom. The van der Waals surface area contributed by atoms with Crippen LogP contribution in [0.4, 0.5) is 0 Å². The predicted molar refractivity (Wildman–Crippen MR) is 89.9 cm³/mol. The maximum absolute atomic E-state index is 12.7. The van der Waals surface area contributed by atoms with Gasteiger partial charge in [0.1, 0.15) is 0 Å². The van der Waals surface area contributed by atoms with Crippen LogP contribution in [0.3, 0.4) is 0 Å². The summed E-state index contributed by atoms with van der Waals surface area (Å²) in [6, 6.07) is 5.49. The smallest absolute Gasteiger partial charge is 0.226 e. The molecule has 0 spiro atoms. The lowest BCUT2D eigenvalue weighted by molar-refractivity contribution is -0.144. The number of rotatable bonds is 3. The molecule has 0 bridgehead atoms. The van der Waals surface area contributed by atoms with Gasteiger partial charge in [-0.2, -0.15) is 0 Å². The van der Waals surface area contributed by atoms with Gasteiger partial charge in [-0.15, -0.1) is 0 Å². The first-order valence-corrected chi connectivity index (χ1v) is 10.5. The third-order valence-corrected chi connectivity index (χ3v) is 7.32. The normalized spacial score (nSPS) is 29.9. The maximum Gasteiger partial charge on any atom is 0.226 e. The highest BCUT2D eigenvalue weighted by Gasteiger charge is 2.49. The topological polar surface area (TPSA) is 70.6 Å². The predicted octanol–water partition coefficient (Wildman–Crippen LogP) is 0.692. The van der Waals surface area contributed by atoms with Crippen molar-refractivity contribution in [2.24, 2.45) is 5.92 Å². The highest BCUT2D eigenvalue weighted by atomic mass is 32.2. The SMILES string of the molecule is O=C(C1CCC1)N1CCN(Cc2ccccn2)[C@H]2CS(=O)(=O)C[C@H]21. The number of nitrogens with zero attached hydrogens (tertiary/aromatic N) is 3. The van der Waals surface area contributed by atoms with Crippen molar-refractivity contribution in [2.45, 2.75) is 37.9 Å². The van der Waals surface area contributed by atoms with Crippen LogP contribution in [0.25, 0.3) is 0 Å². The Morgan fingerprint density at radius 2 is 1.96 bits per heavy atom. The Balaban J connectivity index is 1.54. The number of aromatic nitrogens is 1. The van der Waals surface area contributed by atoms with Crippen LogP contribution in [-0.4, -0.2) is 65.8 Å². The van der Waals surface area contributed by atoms with Crippen LogP contribution >= 0.6 is 0 Å². The molecule has 0 radical (unpaired) electrons. The van der Waals surface area contributed by atoms with Crippen LogP contribution in [0.2, 0.25) is 0 Å². The molecule has 0 N–H and O–H groups in total. The fourth-order valence-corrected chi connectivity index (χ4v) is 6.10. The van der Waals surface area contributed by atoms with E-state index in [4.69, 9.17) is 0 Å².